The molecule has 0 saturated carbocycles. The lowest BCUT2D eigenvalue weighted by Crippen LogP contribution is -2.34. The van der Waals surface area contributed by atoms with Gasteiger partial charge in [0.2, 0.25) is 0 Å². The molecule has 0 bridgehead atoms. The van der Waals surface area contributed by atoms with E-state index in [0.717, 1.165) is 12.0 Å². The minimum absolute atomic E-state index is 0.742. The van der Waals surface area contributed by atoms with Gasteiger partial charge in [-0.1, -0.05) is 13.8 Å². The van der Waals surface area contributed by atoms with E-state index < -0.39 is 0 Å². The molecule has 0 aromatic heterocycles. The Kier molecular flexibility index (Phi) is 6.20. The van der Waals surface area contributed by atoms with Gasteiger partial charge in [0.25, 0.3) is 0 Å². The molecule has 1 aliphatic heterocycles. The normalized spacial score (nSPS) is 22.9. The van der Waals surface area contributed by atoms with Crippen molar-refractivity contribution in [3.63, 3.8) is 0 Å². The maximum atomic E-state index is 3.64. The fraction of sp³-hybridized carbons (Fsp3) is 1.00. The summed E-state index contributed by atoms with van der Waals surface area (Å²) in [6.07, 6.45) is 6.68. The largest absolute Gasteiger partial charge is 0.316 e. The molecular formula is C12H26N2. The summed E-state index contributed by atoms with van der Waals surface area (Å²) in [7, 11) is 0. The first-order valence-corrected chi connectivity index (χ1v) is 6.30. The van der Waals surface area contributed by atoms with Crippen LogP contribution in [0.3, 0.4) is 0 Å². The van der Waals surface area contributed by atoms with Gasteiger partial charge in [-0.3, -0.25) is 0 Å². The van der Waals surface area contributed by atoms with Crippen molar-refractivity contribution in [1.82, 2.24) is 10.6 Å². The van der Waals surface area contributed by atoms with Gasteiger partial charge in [-0.15, -0.1) is 0 Å². The van der Waals surface area contributed by atoms with Crippen molar-refractivity contribution in [2.45, 2.75) is 52.0 Å². The highest BCUT2D eigenvalue weighted by atomic mass is 14.9. The third-order valence-corrected chi connectivity index (χ3v) is 3.37. The van der Waals surface area contributed by atoms with E-state index in [-0.39, 0.29) is 0 Å². The summed E-state index contributed by atoms with van der Waals surface area (Å²) in [4.78, 5) is 0. The smallest absolute Gasteiger partial charge is 0.00618 e. The van der Waals surface area contributed by atoms with Crippen LogP contribution in [-0.4, -0.2) is 25.7 Å². The van der Waals surface area contributed by atoms with Crippen molar-refractivity contribution in [2.24, 2.45) is 5.92 Å². The molecule has 2 nitrogen and oxygen atoms in total. The van der Waals surface area contributed by atoms with Gasteiger partial charge in [-0.05, 0) is 57.7 Å². The molecule has 0 amide bonds. The van der Waals surface area contributed by atoms with Gasteiger partial charge in [-0.25, -0.2) is 0 Å². The van der Waals surface area contributed by atoms with E-state index in [9.17, 15) is 0 Å². The van der Waals surface area contributed by atoms with Gasteiger partial charge < -0.3 is 10.6 Å². The van der Waals surface area contributed by atoms with E-state index in [2.05, 4.69) is 24.5 Å². The van der Waals surface area contributed by atoms with E-state index in [4.69, 9.17) is 0 Å². The van der Waals surface area contributed by atoms with Gasteiger partial charge in [0, 0.05) is 6.04 Å². The maximum Gasteiger partial charge on any atom is 0.00618 e. The van der Waals surface area contributed by atoms with Crippen LogP contribution in [0.25, 0.3) is 0 Å². The molecule has 0 spiro atoms. The van der Waals surface area contributed by atoms with Crippen molar-refractivity contribution >= 4 is 0 Å². The summed E-state index contributed by atoms with van der Waals surface area (Å²) in [5.41, 5.74) is 0. The van der Waals surface area contributed by atoms with E-state index in [0.29, 0.717) is 0 Å². The van der Waals surface area contributed by atoms with Crippen molar-refractivity contribution in [2.75, 3.05) is 19.6 Å². The molecule has 14 heavy (non-hydrogen) atoms. The van der Waals surface area contributed by atoms with Crippen LogP contribution in [0.5, 0.6) is 0 Å². The molecule has 1 aliphatic rings. The molecule has 1 fully saturated rings. The molecule has 1 atom stereocenters. The van der Waals surface area contributed by atoms with Crippen molar-refractivity contribution < 1.29 is 0 Å². The number of piperidine rings is 1. The Balaban J connectivity index is 2.01. The number of nitrogens with one attached hydrogen (secondary N) is 2. The second-order valence-electron chi connectivity index (χ2n) is 4.47. The monoisotopic (exact) mass is 198 g/mol. The minimum Gasteiger partial charge on any atom is -0.316 e. The predicted molar refractivity (Wildman–Crippen MR) is 62.6 cm³/mol. The summed E-state index contributed by atoms with van der Waals surface area (Å²) < 4.78 is 0. The summed E-state index contributed by atoms with van der Waals surface area (Å²) in [5, 5.41) is 7.11. The van der Waals surface area contributed by atoms with E-state index in [1.165, 1.54) is 51.7 Å². The standard InChI is InChI=1S/C12H26N2/c1-3-12(4-2)14-9-7-11-6-5-8-13-10-11/h11-14H,3-10H2,1-2H3. The fourth-order valence-electron chi connectivity index (χ4n) is 2.24. The third kappa shape index (κ3) is 4.43. The van der Waals surface area contributed by atoms with E-state index in [1.54, 1.807) is 0 Å². The first-order chi connectivity index (χ1) is 6.86. The summed E-state index contributed by atoms with van der Waals surface area (Å²) in [6.45, 7) is 8.21. The minimum atomic E-state index is 0.742. The topological polar surface area (TPSA) is 24.1 Å². The van der Waals surface area contributed by atoms with Gasteiger partial charge >= 0.3 is 0 Å². The van der Waals surface area contributed by atoms with Crippen LogP contribution in [0, 0.1) is 5.92 Å². The molecule has 2 N–H and O–H groups in total. The van der Waals surface area contributed by atoms with Crippen LogP contribution in [0.4, 0.5) is 0 Å². The third-order valence-electron chi connectivity index (χ3n) is 3.37. The zero-order chi connectivity index (χ0) is 10.2. The molecule has 2 heteroatoms. The van der Waals surface area contributed by atoms with E-state index >= 15 is 0 Å². The zero-order valence-corrected chi connectivity index (χ0v) is 9.81. The first kappa shape index (κ1) is 12.0. The van der Waals surface area contributed by atoms with Crippen LogP contribution in [0.2, 0.25) is 0 Å². The number of rotatable bonds is 6. The van der Waals surface area contributed by atoms with Gasteiger partial charge in [0.05, 0.1) is 0 Å². The van der Waals surface area contributed by atoms with Crippen LogP contribution in [-0.2, 0) is 0 Å². The summed E-state index contributed by atoms with van der Waals surface area (Å²) >= 11 is 0. The molecule has 84 valence electrons. The average Bonchev–Trinajstić information content (AvgIpc) is 2.26. The molecular weight excluding hydrogens is 172 g/mol. The van der Waals surface area contributed by atoms with Gasteiger partial charge in [0.15, 0.2) is 0 Å². The van der Waals surface area contributed by atoms with Crippen LogP contribution < -0.4 is 10.6 Å². The lowest BCUT2D eigenvalue weighted by Gasteiger charge is -2.24. The molecule has 0 aromatic carbocycles. The maximum absolute atomic E-state index is 3.64. The summed E-state index contributed by atoms with van der Waals surface area (Å²) in [5.74, 6) is 0.922. The molecule has 1 rings (SSSR count). The Morgan fingerprint density at radius 2 is 2.14 bits per heavy atom. The predicted octanol–water partition coefficient (Wildman–Crippen LogP) is 2.15. The Bertz CT molecular complexity index is 126. The first-order valence-electron chi connectivity index (χ1n) is 6.30. The molecule has 0 radical (unpaired) electrons. The molecule has 1 saturated heterocycles. The van der Waals surface area contributed by atoms with Crippen LogP contribution in [0.15, 0.2) is 0 Å². The second-order valence-corrected chi connectivity index (χ2v) is 4.47. The Labute approximate surface area is 88.8 Å². The highest BCUT2D eigenvalue weighted by molar-refractivity contribution is 4.71. The Morgan fingerprint density at radius 3 is 2.71 bits per heavy atom. The van der Waals surface area contributed by atoms with E-state index in [1.807, 2.05) is 0 Å². The van der Waals surface area contributed by atoms with Gasteiger partial charge in [0.1, 0.15) is 0 Å². The highest BCUT2D eigenvalue weighted by Gasteiger charge is 2.12. The Hall–Kier alpha value is -0.0800. The highest BCUT2D eigenvalue weighted by Crippen LogP contribution is 2.13. The quantitative estimate of drug-likeness (QED) is 0.683. The summed E-state index contributed by atoms with van der Waals surface area (Å²) in [6, 6.07) is 0.742. The molecule has 1 heterocycles. The van der Waals surface area contributed by atoms with Crippen LogP contribution >= 0.6 is 0 Å². The fourth-order valence-corrected chi connectivity index (χ4v) is 2.24. The lowest BCUT2D eigenvalue weighted by atomic mass is 9.96. The van der Waals surface area contributed by atoms with Crippen molar-refractivity contribution in [1.29, 1.82) is 0 Å². The molecule has 0 aromatic rings. The number of hydrogen-bond donors (Lipinski definition) is 2. The lowest BCUT2D eigenvalue weighted by molar-refractivity contribution is 0.341. The zero-order valence-electron chi connectivity index (χ0n) is 9.81. The average molecular weight is 198 g/mol. The SMILES string of the molecule is CCC(CC)NCCC1CCCNC1. The van der Waals surface area contributed by atoms with Gasteiger partial charge in [-0.2, -0.15) is 0 Å². The molecule has 0 aliphatic carbocycles. The molecule has 1 unspecified atom stereocenters. The Morgan fingerprint density at radius 1 is 1.36 bits per heavy atom. The van der Waals surface area contributed by atoms with Crippen LogP contribution in [0.1, 0.15) is 46.0 Å². The second kappa shape index (κ2) is 7.24. The van der Waals surface area contributed by atoms with Crippen molar-refractivity contribution in [3.8, 4) is 0 Å². The number of hydrogen-bond acceptors (Lipinski definition) is 2. The van der Waals surface area contributed by atoms with Crippen molar-refractivity contribution in [3.05, 3.63) is 0 Å².